The first kappa shape index (κ1) is 13.5. The smallest absolute Gasteiger partial charge is 0.359 e. The van der Waals surface area contributed by atoms with Gasteiger partial charge in [-0.1, -0.05) is 25.2 Å². The molecule has 1 aromatic heterocycles. The van der Waals surface area contributed by atoms with E-state index >= 15 is 0 Å². The molecule has 0 radical (unpaired) electrons. The molecule has 1 heterocycles. The van der Waals surface area contributed by atoms with E-state index in [-0.39, 0.29) is 16.4 Å². The van der Waals surface area contributed by atoms with Crippen LogP contribution in [0.5, 0.6) is 0 Å². The van der Waals surface area contributed by atoms with E-state index in [0.29, 0.717) is 17.9 Å². The molecule has 0 fully saturated rings. The summed E-state index contributed by atoms with van der Waals surface area (Å²) in [5, 5.41) is 8.20. The lowest BCUT2D eigenvalue weighted by Crippen LogP contribution is -2.19. The van der Waals surface area contributed by atoms with Crippen LogP contribution < -0.4 is 5.32 Å². The number of alkyl halides is 4. The topological polar surface area (TPSA) is 37.8 Å². The molecule has 0 spiro atoms. The third-order valence-corrected chi connectivity index (χ3v) is 3.42. The van der Waals surface area contributed by atoms with Crippen molar-refractivity contribution in [2.75, 3.05) is 11.9 Å². The van der Waals surface area contributed by atoms with Crippen LogP contribution in [0.15, 0.2) is 0 Å². The highest BCUT2D eigenvalue weighted by Crippen LogP contribution is 2.33. The van der Waals surface area contributed by atoms with Crippen molar-refractivity contribution in [1.82, 2.24) is 10.2 Å². The fraction of sp³-hybridized carbons (Fsp3) is 0.750. The Morgan fingerprint density at radius 3 is 2.44 bits per heavy atom. The van der Waals surface area contributed by atoms with Gasteiger partial charge in [-0.05, 0) is 5.92 Å². The van der Waals surface area contributed by atoms with E-state index in [1.807, 2.05) is 13.8 Å². The summed E-state index contributed by atoms with van der Waals surface area (Å²) in [5.41, 5.74) is 0. The van der Waals surface area contributed by atoms with Gasteiger partial charge in [-0.2, -0.15) is 13.2 Å². The predicted molar refractivity (Wildman–Crippen MR) is 57.9 cm³/mol. The van der Waals surface area contributed by atoms with Crippen LogP contribution in [0.1, 0.15) is 18.9 Å². The molecule has 0 aromatic carbocycles. The summed E-state index contributed by atoms with van der Waals surface area (Å²) in [6.45, 7) is 4.23. The Morgan fingerprint density at radius 1 is 1.38 bits per heavy atom. The van der Waals surface area contributed by atoms with Gasteiger partial charge in [-0.15, -0.1) is 21.8 Å². The summed E-state index contributed by atoms with van der Waals surface area (Å²) >= 11 is 6.41. The molecule has 3 nitrogen and oxygen atoms in total. The van der Waals surface area contributed by atoms with Gasteiger partial charge in [-0.3, -0.25) is 0 Å². The summed E-state index contributed by atoms with van der Waals surface area (Å²) in [6, 6.07) is 0. The monoisotopic (exact) mass is 273 g/mol. The zero-order chi connectivity index (χ0) is 12.3. The molecule has 1 rings (SSSR count). The van der Waals surface area contributed by atoms with Gasteiger partial charge >= 0.3 is 6.18 Å². The van der Waals surface area contributed by atoms with Gasteiger partial charge in [0.25, 0.3) is 0 Å². The van der Waals surface area contributed by atoms with E-state index in [0.717, 1.165) is 0 Å². The molecule has 0 aliphatic carbocycles. The maximum absolute atomic E-state index is 12.2. The van der Waals surface area contributed by atoms with Crippen LogP contribution in [0.3, 0.4) is 0 Å². The van der Waals surface area contributed by atoms with Crippen LogP contribution in [-0.4, -0.2) is 22.1 Å². The van der Waals surface area contributed by atoms with Gasteiger partial charge in [0.1, 0.15) is 0 Å². The van der Waals surface area contributed by atoms with Crippen molar-refractivity contribution in [3.63, 3.8) is 0 Å². The molecule has 16 heavy (non-hydrogen) atoms. The van der Waals surface area contributed by atoms with E-state index < -0.39 is 11.2 Å². The number of hydrogen-bond acceptors (Lipinski definition) is 4. The molecule has 92 valence electrons. The molecule has 1 atom stereocenters. The minimum atomic E-state index is -4.43. The number of hydrogen-bond donors (Lipinski definition) is 1. The van der Waals surface area contributed by atoms with Gasteiger partial charge < -0.3 is 5.32 Å². The van der Waals surface area contributed by atoms with Crippen LogP contribution in [0.4, 0.5) is 18.3 Å². The summed E-state index contributed by atoms with van der Waals surface area (Å²) in [4.78, 5) is 0. The second-order valence-electron chi connectivity index (χ2n) is 3.55. The van der Waals surface area contributed by atoms with Gasteiger partial charge in [-0.25, -0.2) is 0 Å². The van der Waals surface area contributed by atoms with Crippen molar-refractivity contribution in [2.45, 2.75) is 25.4 Å². The number of anilines is 1. The first-order valence-corrected chi connectivity index (χ1v) is 5.84. The molecular formula is C8H11ClF3N3S. The Labute approximate surface area is 100 Å². The van der Waals surface area contributed by atoms with Crippen LogP contribution in [-0.2, 0) is 6.18 Å². The Hall–Kier alpha value is -0.560. The SMILES string of the molecule is CC(C)C(Cl)CNc1nnc(C(F)(F)F)s1. The highest BCUT2D eigenvalue weighted by molar-refractivity contribution is 7.15. The first-order chi connectivity index (χ1) is 7.30. The summed E-state index contributed by atoms with van der Waals surface area (Å²) in [6.07, 6.45) is -4.43. The highest BCUT2D eigenvalue weighted by atomic mass is 35.5. The zero-order valence-electron chi connectivity index (χ0n) is 8.68. The van der Waals surface area contributed by atoms with E-state index in [1.165, 1.54) is 0 Å². The largest absolute Gasteiger partial charge is 0.445 e. The van der Waals surface area contributed by atoms with Crippen LogP contribution in [0.2, 0.25) is 0 Å². The van der Waals surface area contributed by atoms with Crippen molar-refractivity contribution in [2.24, 2.45) is 5.92 Å². The minimum Gasteiger partial charge on any atom is -0.359 e. The second kappa shape index (κ2) is 5.18. The van der Waals surface area contributed by atoms with Crippen molar-refractivity contribution < 1.29 is 13.2 Å². The van der Waals surface area contributed by atoms with Crippen LogP contribution in [0, 0.1) is 5.92 Å². The fourth-order valence-corrected chi connectivity index (χ4v) is 1.52. The minimum absolute atomic E-state index is 0.138. The zero-order valence-corrected chi connectivity index (χ0v) is 10.2. The number of nitrogens with one attached hydrogen (secondary N) is 1. The Morgan fingerprint density at radius 2 is 2.00 bits per heavy atom. The lowest BCUT2D eigenvalue weighted by atomic mass is 10.1. The van der Waals surface area contributed by atoms with Crippen molar-refractivity contribution in [3.8, 4) is 0 Å². The van der Waals surface area contributed by atoms with Gasteiger partial charge in [0.2, 0.25) is 10.1 Å². The average Bonchev–Trinajstić information content (AvgIpc) is 2.61. The number of halogens is 4. The molecular weight excluding hydrogens is 263 g/mol. The van der Waals surface area contributed by atoms with Crippen LogP contribution in [0.25, 0.3) is 0 Å². The van der Waals surface area contributed by atoms with Gasteiger partial charge in [0, 0.05) is 6.54 Å². The maximum atomic E-state index is 12.2. The number of nitrogens with zero attached hydrogens (tertiary/aromatic N) is 2. The van der Waals surface area contributed by atoms with Gasteiger partial charge in [0.05, 0.1) is 5.38 Å². The molecule has 1 aromatic rings. The molecule has 1 unspecified atom stereocenters. The van der Waals surface area contributed by atoms with E-state index in [2.05, 4.69) is 15.5 Å². The molecule has 0 saturated carbocycles. The van der Waals surface area contributed by atoms with Crippen molar-refractivity contribution in [1.29, 1.82) is 0 Å². The van der Waals surface area contributed by atoms with Gasteiger partial charge in [0.15, 0.2) is 0 Å². The maximum Gasteiger partial charge on any atom is 0.445 e. The Balaban J connectivity index is 2.53. The first-order valence-electron chi connectivity index (χ1n) is 4.59. The molecule has 0 amide bonds. The summed E-state index contributed by atoms with van der Waals surface area (Å²) in [5.74, 6) is 0.240. The number of rotatable bonds is 4. The molecule has 0 aliphatic rings. The number of aromatic nitrogens is 2. The summed E-state index contributed by atoms with van der Waals surface area (Å²) in [7, 11) is 0. The van der Waals surface area contributed by atoms with E-state index in [9.17, 15) is 13.2 Å². The second-order valence-corrected chi connectivity index (χ2v) is 5.09. The quantitative estimate of drug-likeness (QED) is 0.856. The highest BCUT2D eigenvalue weighted by Gasteiger charge is 2.35. The lowest BCUT2D eigenvalue weighted by Gasteiger charge is -2.12. The standard InChI is InChI=1S/C8H11ClF3N3S/c1-4(2)5(9)3-13-7-15-14-6(16-7)8(10,11)12/h4-5H,3H2,1-2H3,(H,13,15). The normalized spacial score (nSPS) is 14.2. The lowest BCUT2D eigenvalue weighted by molar-refractivity contribution is -0.138. The third-order valence-electron chi connectivity index (χ3n) is 1.84. The average molecular weight is 274 g/mol. The Bertz CT molecular complexity index is 340. The Kier molecular flexibility index (Phi) is 4.37. The molecule has 0 aliphatic heterocycles. The van der Waals surface area contributed by atoms with Crippen molar-refractivity contribution in [3.05, 3.63) is 5.01 Å². The van der Waals surface area contributed by atoms with E-state index in [4.69, 9.17) is 11.6 Å². The van der Waals surface area contributed by atoms with Crippen molar-refractivity contribution >= 4 is 28.1 Å². The molecule has 1 N–H and O–H groups in total. The molecule has 0 bridgehead atoms. The van der Waals surface area contributed by atoms with E-state index in [1.54, 1.807) is 0 Å². The fourth-order valence-electron chi connectivity index (χ4n) is 0.830. The summed E-state index contributed by atoms with van der Waals surface area (Å²) < 4.78 is 36.5. The van der Waals surface area contributed by atoms with Crippen LogP contribution >= 0.6 is 22.9 Å². The third kappa shape index (κ3) is 3.79. The molecule has 0 saturated heterocycles. The molecule has 8 heteroatoms. The predicted octanol–water partition coefficient (Wildman–Crippen LogP) is 3.23.